The molecular weight excluding hydrogens is 316 g/mol. The highest BCUT2D eigenvalue weighted by atomic mass is 16.1. The minimum atomic E-state index is -0.227. The maximum absolute atomic E-state index is 12.6. The molecule has 1 amide bonds. The summed E-state index contributed by atoms with van der Waals surface area (Å²) in [5, 5.41) is 2.90. The molecule has 1 N–H and O–H groups in total. The van der Waals surface area contributed by atoms with E-state index in [9.17, 15) is 4.79 Å². The first kappa shape index (κ1) is 15.1. The molecule has 4 aromatic rings. The molecule has 25 heavy (non-hydrogen) atoms. The highest BCUT2D eigenvalue weighted by Gasteiger charge is 2.19. The minimum absolute atomic E-state index is 0.227. The average molecular weight is 332 g/mol. The van der Waals surface area contributed by atoms with Crippen LogP contribution in [0.3, 0.4) is 0 Å². The Hall–Kier alpha value is -3.48. The Morgan fingerprint density at radius 1 is 1.24 bits per heavy atom. The van der Waals surface area contributed by atoms with Crippen molar-refractivity contribution < 1.29 is 4.79 Å². The summed E-state index contributed by atoms with van der Waals surface area (Å²) in [6.07, 6.45) is 8.89. The van der Waals surface area contributed by atoms with Crippen LogP contribution in [0.4, 0.5) is 0 Å². The fourth-order valence-corrected chi connectivity index (χ4v) is 2.68. The summed E-state index contributed by atoms with van der Waals surface area (Å²) in [6, 6.07) is 9.42. The van der Waals surface area contributed by atoms with E-state index in [1.807, 2.05) is 58.7 Å². The van der Waals surface area contributed by atoms with E-state index in [1.54, 1.807) is 18.7 Å². The molecule has 0 spiro atoms. The third-order valence-electron chi connectivity index (χ3n) is 3.87. The number of nitrogens with one attached hydrogen (secondary N) is 1. The molecule has 0 fully saturated rings. The molecule has 0 unspecified atom stereocenters. The lowest BCUT2D eigenvalue weighted by Crippen LogP contribution is -2.23. The van der Waals surface area contributed by atoms with E-state index in [2.05, 4.69) is 20.3 Å². The number of carbonyl (C=O) groups excluding carboxylic acids is 1. The Labute approximate surface area is 144 Å². The Morgan fingerprint density at radius 3 is 2.92 bits per heavy atom. The molecule has 4 heterocycles. The van der Waals surface area contributed by atoms with E-state index in [4.69, 9.17) is 0 Å². The van der Waals surface area contributed by atoms with E-state index in [-0.39, 0.29) is 5.91 Å². The number of aromatic nitrogens is 5. The van der Waals surface area contributed by atoms with Crippen LogP contribution in [0.15, 0.2) is 61.4 Å². The van der Waals surface area contributed by atoms with Crippen molar-refractivity contribution in [2.75, 3.05) is 0 Å². The van der Waals surface area contributed by atoms with Gasteiger partial charge in [-0.2, -0.15) is 0 Å². The number of hydrogen-bond donors (Lipinski definition) is 1. The van der Waals surface area contributed by atoms with Crippen LogP contribution >= 0.6 is 0 Å². The Kier molecular flexibility index (Phi) is 3.74. The number of pyridine rings is 2. The van der Waals surface area contributed by atoms with Crippen molar-refractivity contribution in [2.24, 2.45) is 7.05 Å². The van der Waals surface area contributed by atoms with Crippen LogP contribution in [0.2, 0.25) is 0 Å². The summed E-state index contributed by atoms with van der Waals surface area (Å²) >= 11 is 0. The van der Waals surface area contributed by atoms with Crippen LogP contribution in [0.1, 0.15) is 16.1 Å². The predicted octanol–water partition coefficient (Wildman–Crippen LogP) is 2.06. The van der Waals surface area contributed by atoms with Gasteiger partial charge in [0.2, 0.25) is 0 Å². The molecule has 0 aliphatic heterocycles. The van der Waals surface area contributed by atoms with E-state index in [0.717, 1.165) is 16.8 Å². The van der Waals surface area contributed by atoms with Gasteiger partial charge in [-0.3, -0.25) is 14.2 Å². The van der Waals surface area contributed by atoms with Gasteiger partial charge >= 0.3 is 0 Å². The van der Waals surface area contributed by atoms with Gasteiger partial charge in [0.1, 0.15) is 5.69 Å². The molecule has 4 aromatic heterocycles. The predicted molar refractivity (Wildman–Crippen MR) is 92.8 cm³/mol. The molecule has 0 saturated carbocycles. The number of nitrogens with zero attached hydrogens (tertiary/aromatic N) is 5. The van der Waals surface area contributed by atoms with Gasteiger partial charge in [0.15, 0.2) is 11.5 Å². The lowest BCUT2D eigenvalue weighted by atomic mass is 10.2. The SMILES string of the molecule is Cn1cnc(-c2nc(C(=O)NCc3cccnc3)c3ccccn23)c1. The second-order valence-corrected chi connectivity index (χ2v) is 5.71. The zero-order chi connectivity index (χ0) is 17.2. The normalized spacial score (nSPS) is 10.9. The van der Waals surface area contributed by atoms with Gasteiger partial charge in [-0.1, -0.05) is 12.1 Å². The highest BCUT2D eigenvalue weighted by Crippen LogP contribution is 2.21. The van der Waals surface area contributed by atoms with Crippen molar-refractivity contribution in [2.45, 2.75) is 6.54 Å². The summed E-state index contributed by atoms with van der Waals surface area (Å²) < 4.78 is 3.73. The molecule has 0 radical (unpaired) electrons. The number of amides is 1. The van der Waals surface area contributed by atoms with Gasteiger partial charge in [0, 0.05) is 38.4 Å². The van der Waals surface area contributed by atoms with Crippen molar-refractivity contribution in [3.8, 4) is 11.5 Å². The second kappa shape index (κ2) is 6.20. The maximum atomic E-state index is 12.6. The smallest absolute Gasteiger partial charge is 0.272 e. The molecule has 0 aromatic carbocycles. The zero-order valence-corrected chi connectivity index (χ0v) is 13.6. The lowest BCUT2D eigenvalue weighted by Gasteiger charge is -2.03. The lowest BCUT2D eigenvalue weighted by molar-refractivity contribution is 0.0948. The topological polar surface area (TPSA) is 77.1 Å². The first-order valence-electron chi connectivity index (χ1n) is 7.85. The van der Waals surface area contributed by atoms with E-state index >= 15 is 0 Å². The van der Waals surface area contributed by atoms with Crippen molar-refractivity contribution in [3.63, 3.8) is 0 Å². The number of hydrogen-bond acceptors (Lipinski definition) is 4. The number of imidazole rings is 2. The molecule has 124 valence electrons. The van der Waals surface area contributed by atoms with Crippen LogP contribution < -0.4 is 5.32 Å². The van der Waals surface area contributed by atoms with Crippen molar-refractivity contribution in [1.82, 2.24) is 29.2 Å². The maximum Gasteiger partial charge on any atom is 0.272 e. The number of carbonyl (C=O) groups is 1. The Balaban J connectivity index is 1.68. The molecule has 7 heteroatoms. The van der Waals surface area contributed by atoms with E-state index in [1.165, 1.54) is 0 Å². The van der Waals surface area contributed by atoms with Crippen LogP contribution in [0.25, 0.3) is 17.0 Å². The summed E-state index contributed by atoms with van der Waals surface area (Å²) in [4.78, 5) is 25.6. The number of aryl methyl sites for hydroxylation is 1. The molecule has 0 bridgehead atoms. The minimum Gasteiger partial charge on any atom is -0.346 e. The van der Waals surface area contributed by atoms with Gasteiger partial charge in [-0.15, -0.1) is 0 Å². The van der Waals surface area contributed by atoms with E-state index < -0.39 is 0 Å². The fraction of sp³-hybridized carbons (Fsp3) is 0.111. The van der Waals surface area contributed by atoms with Gasteiger partial charge in [-0.05, 0) is 23.8 Å². The fourth-order valence-electron chi connectivity index (χ4n) is 2.68. The van der Waals surface area contributed by atoms with Crippen LogP contribution in [-0.4, -0.2) is 29.8 Å². The summed E-state index contributed by atoms with van der Waals surface area (Å²) in [7, 11) is 1.90. The number of rotatable bonds is 4. The Morgan fingerprint density at radius 2 is 2.16 bits per heavy atom. The third kappa shape index (κ3) is 2.87. The molecule has 4 rings (SSSR count). The third-order valence-corrected chi connectivity index (χ3v) is 3.87. The quantitative estimate of drug-likeness (QED) is 0.620. The van der Waals surface area contributed by atoms with Crippen molar-refractivity contribution in [1.29, 1.82) is 0 Å². The molecule has 0 saturated heterocycles. The van der Waals surface area contributed by atoms with Gasteiger partial charge in [-0.25, -0.2) is 9.97 Å². The average Bonchev–Trinajstić information content (AvgIpc) is 3.24. The van der Waals surface area contributed by atoms with Crippen LogP contribution in [0, 0.1) is 0 Å². The van der Waals surface area contributed by atoms with E-state index in [0.29, 0.717) is 18.1 Å². The first-order chi connectivity index (χ1) is 12.2. The molecule has 0 aliphatic rings. The molecule has 0 atom stereocenters. The van der Waals surface area contributed by atoms with Crippen LogP contribution in [0.5, 0.6) is 0 Å². The highest BCUT2D eigenvalue weighted by molar-refractivity contribution is 5.99. The second-order valence-electron chi connectivity index (χ2n) is 5.71. The summed E-state index contributed by atoms with van der Waals surface area (Å²) in [5.41, 5.74) is 2.77. The Bertz CT molecular complexity index is 1030. The number of fused-ring (bicyclic) bond motifs is 1. The standard InChI is InChI=1S/C18H16N6O/c1-23-11-14(21-12-23)17-22-16(15-6-2-3-8-24(15)17)18(25)20-10-13-5-4-7-19-9-13/h2-9,11-12H,10H2,1H3,(H,20,25). The molecule has 7 nitrogen and oxygen atoms in total. The molecule has 0 aliphatic carbocycles. The first-order valence-corrected chi connectivity index (χ1v) is 7.85. The van der Waals surface area contributed by atoms with Gasteiger partial charge in [0.25, 0.3) is 5.91 Å². The molecular formula is C18H16N6O. The summed E-state index contributed by atoms with van der Waals surface area (Å²) in [6.45, 7) is 0.400. The zero-order valence-electron chi connectivity index (χ0n) is 13.6. The monoisotopic (exact) mass is 332 g/mol. The van der Waals surface area contributed by atoms with Gasteiger partial charge < -0.3 is 9.88 Å². The summed E-state index contributed by atoms with van der Waals surface area (Å²) in [5.74, 6) is 0.414. The van der Waals surface area contributed by atoms with Crippen molar-refractivity contribution in [3.05, 3.63) is 72.7 Å². The largest absolute Gasteiger partial charge is 0.346 e. The van der Waals surface area contributed by atoms with Crippen molar-refractivity contribution >= 4 is 11.4 Å². The van der Waals surface area contributed by atoms with Gasteiger partial charge in [0.05, 0.1) is 11.8 Å². The van der Waals surface area contributed by atoms with Crippen LogP contribution in [-0.2, 0) is 13.6 Å².